The molecule has 0 saturated heterocycles. The van der Waals surface area contributed by atoms with Gasteiger partial charge in [0.2, 0.25) is 10.0 Å². The van der Waals surface area contributed by atoms with E-state index < -0.39 is 15.9 Å². The molecule has 1 rings (SSSR count). The maximum atomic E-state index is 11.7. The highest BCUT2D eigenvalue weighted by Crippen LogP contribution is 2.21. The molecule has 0 spiro atoms. The third kappa shape index (κ3) is 4.62. The summed E-state index contributed by atoms with van der Waals surface area (Å²) >= 11 is 5.71. The molecule has 0 aliphatic carbocycles. The Morgan fingerprint density at radius 3 is 2.63 bits per heavy atom. The molecule has 0 aliphatic heterocycles. The Kier molecular flexibility index (Phi) is 5.04. The lowest BCUT2D eigenvalue weighted by molar-refractivity contribution is 0.0955. The minimum absolute atomic E-state index is 0.0373. The van der Waals surface area contributed by atoms with Crippen molar-refractivity contribution in [3.05, 3.63) is 28.8 Å². The smallest absolute Gasteiger partial charge is 0.267 e. The fraction of sp³-hybridized carbons (Fsp3) is 0.273. The summed E-state index contributed by atoms with van der Waals surface area (Å²) in [6.07, 6.45) is 1.55. The average Bonchev–Trinajstić information content (AvgIpc) is 2.27. The van der Waals surface area contributed by atoms with Crippen LogP contribution < -0.4 is 10.6 Å². The van der Waals surface area contributed by atoms with Gasteiger partial charge in [0.25, 0.3) is 5.91 Å². The number of rotatable bonds is 4. The number of hydrazone groups is 1. The molecule has 0 radical (unpaired) electrons. The molecule has 19 heavy (non-hydrogen) atoms. The molecule has 1 aromatic carbocycles. The summed E-state index contributed by atoms with van der Waals surface area (Å²) in [6.45, 7) is 3.80. The molecule has 0 bridgehead atoms. The van der Waals surface area contributed by atoms with Crippen molar-refractivity contribution in [1.82, 2.24) is 5.43 Å². The fourth-order valence-electron chi connectivity index (χ4n) is 1.17. The zero-order chi connectivity index (χ0) is 14.6. The number of primary sulfonamides is 1. The van der Waals surface area contributed by atoms with Gasteiger partial charge in [-0.15, -0.1) is 0 Å². The highest BCUT2D eigenvalue weighted by Gasteiger charge is 2.16. The first-order valence-corrected chi connectivity index (χ1v) is 7.30. The van der Waals surface area contributed by atoms with Gasteiger partial charge in [-0.05, 0) is 24.1 Å². The predicted molar refractivity (Wildman–Crippen MR) is 73.6 cm³/mol. The fourth-order valence-corrected chi connectivity index (χ4v) is 2.24. The molecule has 0 aliphatic rings. The van der Waals surface area contributed by atoms with E-state index in [0.29, 0.717) is 0 Å². The molecular formula is C11H14ClN3O3S. The Morgan fingerprint density at radius 1 is 1.47 bits per heavy atom. The van der Waals surface area contributed by atoms with Crippen LogP contribution in [0.15, 0.2) is 28.2 Å². The van der Waals surface area contributed by atoms with Crippen LogP contribution >= 0.6 is 11.6 Å². The number of amides is 1. The molecular weight excluding hydrogens is 290 g/mol. The Bertz CT molecular complexity index is 612. The van der Waals surface area contributed by atoms with Crippen molar-refractivity contribution < 1.29 is 13.2 Å². The van der Waals surface area contributed by atoms with Crippen molar-refractivity contribution in [2.45, 2.75) is 18.7 Å². The van der Waals surface area contributed by atoms with Crippen LogP contribution in [0.5, 0.6) is 0 Å². The SMILES string of the molecule is CC(C)/C=N/NC(=O)c1ccc(Cl)c(S(N)(=O)=O)c1. The van der Waals surface area contributed by atoms with Gasteiger partial charge in [0, 0.05) is 11.8 Å². The van der Waals surface area contributed by atoms with Gasteiger partial charge in [0.1, 0.15) is 4.90 Å². The Labute approximate surface area is 116 Å². The van der Waals surface area contributed by atoms with E-state index >= 15 is 0 Å². The van der Waals surface area contributed by atoms with Crippen molar-refractivity contribution in [1.29, 1.82) is 0 Å². The van der Waals surface area contributed by atoms with Crippen LogP contribution in [0.25, 0.3) is 0 Å². The number of nitrogens with two attached hydrogens (primary N) is 1. The summed E-state index contributed by atoms with van der Waals surface area (Å²) < 4.78 is 22.5. The van der Waals surface area contributed by atoms with Crippen LogP contribution in [-0.4, -0.2) is 20.5 Å². The highest BCUT2D eigenvalue weighted by atomic mass is 35.5. The molecule has 0 fully saturated rings. The second-order valence-corrected chi connectivity index (χ2v) is 6.09. The average molecular weight is 304 g/mol. The molecule has 0 atom stereocenters. The first-order chi connectivity index (χ1) is 8.71. The van der Waals surface area contributed by atoms with Gasteiger partial charge in [-0.3, -0.25) is 4.79 Å². The number of carbonyl (C=O) groups excluding carboxylic acids is 1. The molecule has 104 valence electrons. The molecule has 6 nitrogen and oxygen atoms in total. The second-order valence-electron chi connectivity index (χ2n) is 4.15. The van der Waals surface area contributed by atoms with Crippen molar-refractivity contribution in [3.63, 3.8) is 0 Å². The van der Waals surface area contributed by atoms with Crippen LogP contribution in [-0.2, 0) is 10.0 Å². The number of benzene rings is 1. The van der Waals surface area contributed by atoms with E-state index in [1.807, 2.05) is 13.8 Å². The van der Waals surface area contributed by atoms with Gasteiger partial charge in [-0.1, -0.05) is 25.4 Å². The van der Waals surface area contributed by atoms with Gasteiger partial charge >= 0.3 is 0 Å². The van der Waals surface area contributed by atoms with Crippen LogP contribution in [0.4, 0.5) is 0 Å². The first-order valence-electron chi connectivity index (χ1n) is 5.37. The molecule has 3 N–H and O–H groups in total. The number of nitrogens with zero attached hydrogens (tertiary/aromatic N) is 1. The van der Waals surface area contributed by atoms with Gasteiger partial charge in [0.05, 0.1) is 5.02 Å². The van der Waals surface area contributed by atoms with E-state index in [4.69, 9.17) is 16.7 Å². The third-order valence-electron chi connectivity index (χ3n) is 2.04. The van der Waals surface area contributed by atoms with E-state index in [9.17, 15) is 13.2 Å². The van der Waals surface area contributed by atoms with Gasteiger partial charge in [0.15, 0.2) is 0 Å². The lowest BCUT2D eigenvalue weighted by Gasteiger charge is -2.05. The van der Waals surface area contributed by atoms with E-state index in [1.165, 1.54) is 12.1 Å². The second kappa shape index (κ2) is 6.14. The zero-order valence-electron chi connectivity index (χ0n) is 10.4. The molecule has 8 heteroatoms. The number of halogens is 1. The summed E-state index contributed by atoms with van der Waals surface area (Å²) in [5.74, 6) is -0.357. The van der Waals surface area contributed by atoms with Crippen LogP contribution in [0.1, 0.15) is 24.2 Å². The van der Waals surface area contributed by atoms with Gasteiger partial charge in [-0.25, -0.2) is 19.0 Å². The summed E-state index contributed by atoms with van der Waals surface area (Å²) in [4.78, 5) is 11.4. The van der Waals surface area contributed by atoms with E-state index in [0.717, 1.165) is 6.07 Å². The van der Waals surface area contributed by atoms with Crippen molar-refractivity contribution in [3.8, 4) is 0 Å². The Hall–Kier alpha value is -1.44. The maximum absolute atomic E-state index is 11.7. The largest absolute Gasteiger partial charge is 0.271 e. The van der Waals surface area contributed by atoms with Gasteiger partial charge in [-0.2, -0.15) is 5.10 Å². The highest BCUT2D eigenvalue weighted by molar-refractivity contribution is 7.89. The monoisotopic (exact) mass is 303 g/mol. The van der Waals surface area contributed by atoms with Gasteiger partial charge < -0.3 is 0 Å². The maximum Gasteiger partial charge on any atom is 0.271 e. The van der Waals surface area contributed by atoms with E-state index in [2.05, 4.69) is 10.5 Å². The molecule has 0 aromatic heterocycles. The minimum Gasteiger partial charge on any atom is -0.267 e. The van der Waals surface area contributed by atoms with Crippen LogP contribution in [0.3, 0.4) is 0 Å². The molecule has 0 saturated carbocycles. The van der Waals surface area contributed by atoms with Crippen molar-refractivity contribution >= 4 is 33.7 Å². The minimum atomic E-state index is -3.97. The van der Waals surface area contributed by atoms with Crippen molar-refractivity contribution in [2.75, 3.05) is 0 Å². The normalized spacial score (nSPS) is 12.1. The Balaban J connectivity index is 3.00. The number of hydrogen-bond donors (Lipinski definition) is 2. The standard InChI is InChI=1S/C11H14ClN3O3S/c1-7(2)6-14-15-11(16)8-3-4-9(12)10(5-8)19(13,17)18/h3-7H,1-2H3,(H,15,16)(H2,13,17,18)/b14-6+. The molecule has 1 aromatic rings. The van der Waals surface area contributed by atoms with E-state index in [-0.39, 0.29) is 21.4 Å². The number of hydrogen-bond acceptors (Lipinski definition) is 4. The van der Waals surface area contributed by atoms with E-state index in [1.54, 1.807) is 6.21 Å². The summed E-state index contributed by atoms with van der Waals surface area (Å²) in [5.41, 5.74) is 2.39. The number of nitrogens with one attached hydrogen (secondary N) is 1. The molecule has 0 unspecified atom stereocenters. The number of carbonyl (C=O) groups is 1. The van der Waals surface area contributed by atoms with Crippen molar-refractivity contribution in [2.24, 2.45) is 16.2 Å². The Morgan fingerprint density at radius 2 is 2.11 bits per heavy atom. The molecule has 0 heterocycles. The quantitative estimate of drug-likeness (QED) is 0.648. The van der Waals surface area contributed by atoms with Crippen LogP contribution in [0.2, 0.25) is 5.02 Å². The first kappa shape index (κ1) is 15.6. The lowest BCUT2D eigenvalue weighted by Crippen LogP contribution is -2.19. The summed E-state index contributed by atoms with van der Waals surface area (Å²) in [5, 5.41) is 8.68. The third-order valence-corrected chi connectivity index (χ3v) is 3.43. The number of sulfonamides is 1. The predicted octanol–water partition coefficient (Wildman–Crippen LogP) is 1.36. The summed E-state index contributed by atoms with van der Waals surface area (Å²) in [7, 11) is -3.97. The van der Waals surface area contributed by atoms with Crippen LogP contribution in [0, 0.1) is 5.92 Å². The lowest BCUT2D eigenvalue weighted by atomic mass is 10.2. The zero-order valence-corrected chi connectivity index (χ0v) is 12.0. The molecule has 1 amide bonds. The topological polar surface area (TPSA) is 102 Å². The summed E-state index contributed by atoms with van der Waals surface area (Å²) in [6, 6.07) is 3.79.